The monoisotopic (exact) mass is 296 g/mol. The fourth-order valence-corrected chi connectivity index (χ4v) is 1.94. The Morgan fingerprint density at radius 3 is 2.91 bits per heavy atom. The highest BCUT2D eigenvalue weighted by Gasteiger charge is 2.09. The Kier molecular flexibility index (Phi) is 5.72. The third kappa shape index (κ3) is 4.45. The lowest BCUT2D eigenvalue weighted by atomic mass is 10.2. The van der Waals surface area contributed by atoms with Crippen LogP contribution in [0.5, 0.6) is 11.6 Å². The van der Waals surface area contributed by atoms with Gasteiger partial charge in [0, 0.05) is 24.7 Å². The average molecular weight is 296 g/mol. The molecule has 0 saturated carbocycles. The summed E-state index contributed by atoms with van der Waals surface area (Å²) in [6, 6.07) is 11.5. The van der Waals surface area contributed by atoms with Gasteiger partial charge in [-0.25, -0.2) is 4.98 Å². The van der Waals surface area contributed by atoms with Gasteiger partial charge in [-0.15, -0.1) is 6.58 Å². The van der Waals surface area contributed by atoms with Crippen LogP contribution in [0, 0.1) is 6.92 Å². The molecule has 0 spiro atoms. The van der Waals surface area contributed by atoms with Crippen LogP contribution in [0.15, 0.2) is 55.3 Å². The SMILES string of the molecule is C=CCCC(=O)NCc1cccnc1Oc1ccccc1C. The smallest absolute Gasteiger partial charge is 0.224 e. The van der Waals surface area contributed by atoms with E-state index in [4.69, 9.17) is 4.74 Å². The first-order valence-electron chi connectivity index (χ1n) is 7.25. The minimum absolute atomic E-state index is 0.00871. The van der Waals surface area contributed by atoms with Gasteiger partial charge in [-0.3, -0.25) is 4.79 Å². The van der Waals surface area contributed by atoms with E-state index in [1.54, 1.807) is 12.3 Å². The van der Waals surface area contributed by atoms with E-state index >= 15 is 0 Å². The van der Waals surface area contributed by atoms with Crippen LogP contribution >= 0.6 is 0 Å². The Morgan fingerprint density at radius 1 is 1.32 bits per heavy atom. The number of amides is 1. The zero-order valence-corrected chi connectivity index (χ0v) is 12.7. The lowest BCUT2D eigenvalue weighted by Crippen LogP contribution is -2.22. The number of aryl methyl sites for hydroxylation is 1. The molecule has 0 aliphatic carbocycles. The van der Waals surface area contributed by atoms with Crippen molar-refractivity contribution >= 4 is 5.91 Å². The van der Waals surface area contributed by atoms with Gasteiger partial charge >= 0.3 is 0 Å². The predicted molar refractivity (Wildman–Crippen MR) is 86.8 cm³/mol. The molecule has 1 amide bonds. The van der Waals surface area contributed by atoms with Crippen LogP contribution in [0.25, 0.3) is 0 Å². The highest BCUT2D eigenvalue weighted by Crippen LogP contribution is 2.25. The van der Waals surface area contributed by atoms with E-state index in [0.717, 1.165) is 16.9 Å². The number of rotatable bonds is 7. The molecular formula is C18H20N2O2. The van der Waals surface area contributed by atoms with Gasteiger partial charge in [-0.1, -0.05) is 30.3 Å². The summed E-state index contributed by atoms with van der Waals surface area (Å²) in [5, 5.41) is 2.87. The Bertz CT molecular complexity index is 653. The first-order valence-corrected chi connectivity index (χ1v) is 7.25. The molecule has 0 bridgehead atoms. The topological polar surface area (TPSA) is 51.2 Å². The number of allylic oxidation sites excluding steroid dienone is 1. The number of nitrogens with zero attached hydrogens (tertiary/aromatic N) is 1. The van der Waals surface area contributed by atoms with E-state index in [9.17, 15) is 4.79 Å². The molecule has 1 heterocycles. The molecule has 2 aromatic rings. The zero-order valence-electron chi connectivity index (χ0n) is 12.7. The maximum Gasteiger partial charge on any atom is 0.224 e. The number of carbonyl (C=O) groups is 1. The number of para-hydroxylation sites is 1. The number of carbonyl (C=O) groups excluding carboxylic acids is 1. The van der Waals surface area contributed by atoms with Crippen molar-refractivity contribution in [2.45, 2.75) is 26.3 Å². The van der Waals surface area contributed by atoms with Gasteiger partial charge in [0.05, 0.1) is 0 Å². The minimum atomic E-state index is -0.00871. The number of ether oxygens (including phenoxy) is 1. The first kappa shape index (κ1) is 15.8. The molecule has 1 N–H and O–H groups in total. The summed E-state index contributed by atoms with van der Waals surface area (Å²) in [6.45, 7) is 5.99. The maximum atomic E-state index is 11.7. The average Bonchev–Trinajstić information content (AvgIpc) is 2.54. The molecule has 22 heavy (non-hydrogen) atoms. The number of benzene rings is 1. The summed E-state index contributed by atoms with van der Waals surface area (Å²) in [5.41, 5.74) is 1.88. The molecule has 0 aliphatic rings. The molecule has 114 valence electrons. The molecule has 1 aromatic carbocycles. The van der Waals surface area contributed by atoms with Crippen LogP contribution in [0.2, 0.25) is 0 Å². The molecule has 0 radical (unpaired) electrons. The van der Waals surface area contributed by atoms with Gasteiger partial charge in [0.25, 0.3) is 0 Å². The first-order chi connectivity index (χ1) is 10.7. The fraction of sp³-hybridized carbons (Fsp3) is 0.222. The second kappa shape index (κ2) is 7.98. The minimum Gasteiger partial charge on any atom is -0.438 e. The molecule has 0 fully saturated rings. The van der Waals surface area contributed by atoms with Crippen LogP contribution in [-0.2, 0) is 11.3 Å². The van der Waals surface area contributed by atoms with Gasteiger partial charge in [0.15, 0.2) is 0 Å². The van der Waals surface area contributed by atoms with Gasteiger partial charge < -0.3 is 10.1 Å². The van der Waals surface area contributed by atoms with Crippen molar-refractivity contribution < 1.29 is 9.53 Å². The lowest BCUT2D eigenvalue weighted by Gasteiger charge is -2.12. The zero-order chi connectivity index (χ0) is 15.8. The summed E-state index contributed by atoms with van der Waals surface area (Å²) in [5.74, 6) is 1.27. The molecule has 2 rings (SSSR count). The molecule has 4 heteroatoms. The van der Waals surface area contributed by atoms with Crippen molar-refractivity contribution in [1.29, 1.82) is 0 Å². The fourth-order valence-electron chi connectivity index (χ4n) is 1.94. The summed E-state index contributed by atoms with van der Waals surface area (Å²) in [4.78, 5) is 15.9. The molecule has 4 nitrogen and oxygen atoms in total. The van der Waals surface area contributed by atoms with Gasteiger partial charge in [-0.05, 0) is 31.0 Å². The van der Waals surface area contributed by atoms with Gasteiger partial charge in [0.1, 0.15) is 5.75 Å². The van der Waals surface area contributed by atoms with E-state index < -0.39 is 0 Å². The van der Waals surface area contributed by atoms with Gasteiger partial charge in [-0.2, -0.15) is 0 Å². The van der Waals surface area contributed by atoms with Crippen LogP contribution in [0.1, 0.15) is 24.0 Å². The van der Waals surface area contributed by atoms with Crippen molar-refractivity contribution in [1.82, 2.24) is 10.3 Å². The van der Waals surface area contributed by atoms with Crippen molar-refractivity contribution in [2.75, 3.05) is 0 Å². The molecule has 0 saturated heterocycles. The Balaban J connectivity index is 2.05. The molecule has 0 aliphatic heterocycles. The van der Waals surface area contributed by atoms with Crippen LogP contribution < -0.4 is 10.1 Å². The standard InChI is InChI=1S/C18H20N2O2/c1-3-4-11-17(21)20-13-15-9-7-12-19-18(15)22-16-10-6-5-8-14(16)2/h3,5-10,12H,1,4,11,13H2,2H3,(H,20,21). The summed E-state index contributed by atoms with van der Waals surface area (Å²) in [7, 11) is 0. The molecule has 0 unspecified atom stereocenters. The van der Waals surface area contributed by atoms with Crippen LogP contribution in [0.4, 0.5) is 0 Å². The largest absolute Gasteiger partial charge is 0.438 e. The van der Waals surface area contributed by atoms with Crippen LogP contribution in [-0.4, -0.2) is 10.9 Å². The number of aromatic nitrogens is 1. The Hall–Kier alpha value is -2.62. The quantitative estimate of drug-likeness (QED) is 0.791. The summed E-state index contributed by atoms with van der Waals surface area (Å²) < 4.78 is 5.88. The highest BCUT2D eigenvalue weighted by atomic mass is 16.5. The third-order valence-corrected chi connectivity index (χ3v) is 3.20. The van der Waals surface area contributed by atoms with Crippen molar-refractivity contribution in [3.8, 4) is 11.6 Å². The lowest BCUT2D eigenvalue weighted by molar-refractivity contribution is -0.121. The molecule has 0 atom stereocenters. The normalized spacial score (nSPS) is 10.0. The number of hydrogen-bond donors (Lipinski definition) is 1. The van der Waals surface area contributed by atoms with E-state index in [2.05, 4.69) is 16.9 Å². The Labute approximate surface area is 130 Å². The highest BCUT2D eigenvalue weighted by molar-refractivity contribution is 5.76. The summed E-state index contributed by atoms with van der Waals surface area (Å²) >= 11 is 0. The predicted octanol–water partition coefficient (Wildman–Crippen LogP) is 3.76. The van der Waals surface area contributed by atoms with E-state index in [1.807, 2.05) is 43.3 Å². The third-order valence-electron chi connectivity index (χ3n) is 3.20. The van der Waals surface area contributed by atoms with Gasteiger partial charge in [0.2, 0.25) is 11.8 Å². The van der Waals surface area contributed by atoms with Crippen molar-refractivity contribution in [3.63, 3.8) is 0 Å². The van der Waals surface area contributed by atoms with Crippen molar-refractivity contribution in [3.05, 3.63) is 66.4 Å². The number of hydrogen-bond acceptors (Lipinski definition) is 3. The van der Waals surface area contributed by atoms with E-state index in [0.29, 0.717) is 25.3 Å². The Morgan fingerprint density at radius 2 is 2.14 bits per heavy atom. The van der Waals surface area contributed by atoms with Crippen molar-refractivity contribution in [2.24, 2.45) is 0 Å². The second-order valence-corrected chi connectivity index (χ2v) is 4.94. The number of pyridine rings is 1. The van der Waals surface area contributed by atoms with Crippen LogP contribution in [0.3, 0.4) is 0 Å². The molecule has 1 aromatic heterocycles. The number of nitrogens with one attached hydrogen (secondary N) is 1. The van der Waals surface area contributed by atoms with E-state index in [1.165, 1.54) is 0 Å². The maximum absolute atomic E-state index is 11.7. The summed E-state index contributed by atoms with van der Waals surface area (Å²) in [6.07, 6.45) is 4.52. The second-order valence-electron chi connectivity index (χ2n) is 4.94. The van der Waals surface area contributed by atoms with E-state index in [-0.39, 0.29) is 5.91 Å². The molecular weight excluding hydrogens is 276 g/mol.